The van der Waals surface area contributed by atoms with E-state index < -0.39 is 15.6 Å². The van der Waals surface area contributed by atoms with Crippen LogP contribution in [0.25, 0.3) is 0 Å². The zero-order chi connectivity index (χ0) is 15.8. The molecule has 3 saturated heterocycles. The lowest BCUT2D eigenvalue weighted by molar-refractivity contribution is -0.938. The minimum atomic E-state index is -6.09. The van der Waals surface area contributed by atoms with E-state index in [1.807, 2.05) is 0 Å². The number of piperazine rings is 3. The standard InChI is InChI=1S/C8H15N3O.CHF3O3S/c1-11-4-2-10(3-5-11)6-7(11)8(9)12;2-1(3,4)8(5,6)7/h7H,2-6H2,1H3,(H-,9,12);(H,5,6,7). The second-order valence-electron chi connectivity index (χ2n) is 5.05. The summed E-state index contributed by atoms with van der Waals surface area (Å²) in [4.78, 5) is 13.5. The molecule has 0 aromatic heterocycles. The van der Waals surface area contributed by atoms with Crippen LogP contribution in [0.4, 0.5) is 13.2 Å². The third kappa shape index (κ3) is 3.81. The molecule has 3 aliphatic rings. The van der Waals surface area contributed by atoms with Crippen molar-refractivity contribution in [1.29, 1.82) is 0 Å². The first kappa shape index (κ1) is 17.1. The van der Waals surface area contributed by atoms with Crippen LogP contribution in [0.2, 0.25) is 0 Å². The summed E-state index contributed by atoms with van der Waals surface area (Å²) in [6.07, 6.45) is 0. The van der Waals surface area contributed by atoms with E-state index in [1.54, 1.807) is 0 Å². The van der Waals surface area contributed by atoms with Crippen molar-refractivity contribution in [2.75, 3.05) is 39.8 Å². The number of carbonyl (C=O) groups is 1. The van der Waals surface area contributed by atoms with Crippen molar-refractivity contribution in [1.82, 2.24) is 4.90 Å². The van der Waals surface area contributed by atoms with Crippen molar-refractivity contribution >= 4 is 16.0 Å². The van der Waals surface area contributed by atoms with E-state index >= 15 is 0 Å². The quantitative estimate of drug-likeness (QED) is 0.366. The topological polar surface area (TPSA) is 104 Å². The van der Waals surface area contributed by atoms with Gasteiger partial charge >= 0.3 is 5.51 Å². The highest BCUT2D eigenvalue weighted by atomic mass is 32.2. The molecule has 0 spiro atoms. The maximum absolute atomic E-state index is 11.1. The first-order valence-electron chi connectivity index (χ1n) is 5.75. The number of primary amides is 1. The molecule has 0 aromatic carbocycles. The number of nitrogens with zero attached hydrogens (tertiary/aromatic N) is 2. The monoisotopic (exact) mass is 319 g/mol. The van der Waals surface area contributed by atoms with Crippen molar-refractivity contribution < 1.29 is 35.4 Å². The second kappa shape index (κ2) is 5.47. The van der Waals surface area contributed by atoms with Crippen LogP contribution in [-0.4, -0.2) is 79.6 Å². The van der Waals surface area contributed by atoms with Gasteiger partial charge in [-0.1, -0.05) is 0 Å². The molecule has 3 rings (SSSR count). The fraction of sp³-hybridized carbons (Fsp3) is 0.889. The van der Waals surface area contributed by atoms with Crippen LogP contribution in [-0.2, 0) is 14.9 Å². The Kier molecular flexibility index (Phi) is 4.69. The van der Waals surface area contributed by atoms with Crippen molar-refractivity contribution in [2.45, 2.75) is 11.6 Å². The molecule has 2 bridgehead atoms. The zero-order valence-electron chi connectivity index (χ0n) is 10.8. The van der Waals surface area contributed by atoms with E-state index in [-0.39, 0.29) is 11.9 Å². The van der Waals surface area contributed by atoms with Gasteiger partial charge in [0.25, 0.3) is 5.91 Å². The molecule has 3 fully saturated rings. The Hall–Kier alpha value is -0.910. The van der Waals surface area contributed by atoms with Crippen LogP contribution >= 0.6 is 0 Å². The van der Waals surface area contributed by atoms with Gasteiger partial charge in [-0.2, -0.15) is 13.2 Å². The summed E-state index contributed by atoms with van der Waals surface area (Å²) in [7, 11) is -3.95. The molecular weight excluding hydrogens is 303 g/mol. The Bertz CT molecular complexity index is 471. The number of fused-ring (bicyclic) bond motifs is 3. The number of amides is 1. The summed E-state index contributed by atoms with van der Waals surface area (Å²) in [5.41, 5.74) is -0.288. The summed E-state index contributed by atoms with van der Waals surface area (Å²) < 4.78 is 59.8. The molecule has 0 saturated carbocycles. The number of carbonyl (C=O) groups excluding carboxylic acids is 1. The lowest BCUT2D eigenvalue weighted by Crippen LogP contribution is -2.73. The highest BCUT2D eigenvalue weighted by Crippen LogP contribution is 2.22. The maximum atomic E-state index is 11.1. The van der Waals surface area contributed by atoms with Crippen LogP contribution in [0.15, 0.2) is 0 Å². The highest BCUT2D eigenvalue weighted by Gasteiger charge is 2.46. The van der Waals surface area contributed by atoms with Crippen molar-refractivity contribution in [3.63, 3.8) is 0 Å². The highest BCUT2D eigenvalue weighted by molar-refractivity contribution is 7.86. The summed E-state index contributed by atoms with van der Waals surface area (Å²) in [6, 6.07) is 0.0347. The van der Waals surface area contributed by atoms with E-state index in [4.69, 9.17) is 18.7 Å². The van der Waals surface area contributed by atoms with Gasteiger partial charge in [-0.05, 0) is 0 Å². The van der Waals surface area contributed by atoms with Gasteiger partial charge in [-0.15, -0.1) is 0 Å². The second-order valence-corrected chi connectivity index (χ2v) is 6.42. The number of hydrogen-bond acceptors (Lipinski definition) is 5. The smallest absolute Gasteiger partial charge is 0.485 e. The molecule has 1 unspecified atom stereocenters. The van der Waals surface area contributed by atoms with Gasteiger partial charge in [-0.3, -0.25) is 9.69 Å². The largest absolute Gasteiger partial charge is 0.741 e. The van der Waals surface area contributed by atoms with E-state index in [9.17, 15) is 18.0 Å². The van der Waals surface area contributed by atoms with Gasteiger partial charge in [-0.25, -0.2) is 8.42 Å². The molecule has 118 valence electrons. The summed E-state index contributed by atoms with van der Waals surface area (Å²) in [5, 5.41) is 0. The molecule has 2 N–H and O–H groups in total. The van der Waals surface area contributed by atoms with Gasteiger partial charge in [0.1, 0.15) is 0 Å². The first-order chi connectivity index (χ1) is 8.87. The molecular formula is C9H16F3N3O4S. The molecule has 20 heavy (non-hydrogen) atoms. The number of quaternary nitrogens is 1. The molecule has 0 radical (unpaired) electrons. The molecule has 0 aromatic rings. The summed E-state index contributed by atoms with van der Waals surface area (Å²) in [5.74, 6) is -0.137. The maximum Gasteiger partial charge on any atom is 0.485 e. The van der Waals surface area contributed by atoms with Crippen LogP contribution in [0.5, 0.6) is 0 Å². The Morgan fingerprint density at radius 3 is 1.95 bits per heavy atom. The molecule has 0 aliphatic carbocycles. The molecule has 1 atom stereocenters. The molecule has 11 heteroatoms. The zero-order valence-corrected chi connectivity index (χ0v) is 11.6. The predicted octanol–water partition coefficient (Wildman–Crippen LogP) is -1.33. The third-order valence-electron chi connectivity index (χ3n) is 3.65. The van der Waals surface area contributed by atoms with Gasteiger partial charge in [0.15, 0.2) is 16.2 Å². The van der Waals surface area contributed by atoms with Crippen molar-refractivity contribution in [3.8, 4) is 0 Å². The summed E-state index contributed by atoms with van der Waals surface area (Å²) in [6.45, 7) is 5.27. The fourth-order valence-electron chi connectivity index (χ4n) is 2.30. The minimum Gasteiger partial charge on any atom is -0.741 e. The van der Waals surface area contributed by atoms with Crippen LogP contribution < -0.4 is 5.73 Å². The van der Waals surface area contributed by atoms with Gasteiger partial charge in [0, 0.05) is 13.1 Å². The Morgan fingerprint density at radius 2 is 1.75 bits per heavy atom. The molecule has 3 heterocycles. The lowest BCUT2D eigenvalue weighted by atomic mass is 10.0. The predicted molar refractivity (Wildman–Crippen MR) is 61.1 cm³/mol. The average Bonchev–Trinajstić information content (AvgIpc) is 2.27. The van der Waals surface area contributed by atoms with Crippen LogP contribution in [0.3, 0.4) is 0 Å². The number of hydrogen-bond donors (Lipinski definition) is 1. The van der Waals surface area contributed by atoms with E-state index in [0.717, 1.165) is 37.2 Å². The number of likely N-dealkylation sites (N-methyl/N-ethyl adjacent to an activating group) is 1. The fourth-order valence-corrected chi connectivity index (χ4v) is 2.30. The van der Waals surface area contributed by atoms with Gasteiger partial charge in [0.2, 0.25) is 0 Å². The lowest BCUT2D eigenvalue weighted by Gasteiger charge is -2.52. The molecule has 3 aliphatic heterocycles. The minimum absolute atomic E-state index is 0.0347. The van der Waals surface area contributed by atoms with E-state index in [2.05, 4.69) is 11.9 Å². The van der Waals surface area contributed by atoms with Crippen molar-refractivity contribution in [3.05, 3.63) is 0 Å². The third-order valence-corrected chi connectivity index (χ3v) is 4.22. The Labute approximate surface area is 114 Å². The average molecular weight is 319 g/mol. The van der Waals surface area contributed by atoms with Gasteiger partial charge < -0.3 is 14.8 Å². The van der Waals surface area contributed by atoms with Crippen LogP contribution in [0, 0.1) is 0 Å². The number of rotatable bonds is 1. The number of alkyl halides is 3. The van der Waals surface area contributed by atoms with Crippen molar-refractivity contribution in [2.24, 2.45) is 5.73 Å². The summed E-state index contributed by atoms with van der Waals surface area (Å²) >= 11 is 0. The van der Waals surface area contributed by atoms with Crippen LogP contribution in [0.1, 0.15) is 0 Å². The molecule has 7 nitrogen and oxygen atoms in total. The SMILES string of the molecule is C[N+]12CCN(CC1)CC2C(N)=O.O=S(=O)([O-])C(F)(F)F. The first-order valence-corrected chi connectivity index (χ1v) is 7.16. The van der Waals surface area contributed by atoms with E-state index in [0.29, 0.717) is 0 Å². The number of nitrogens with two attached hydrogens (primary N) is 1. The Morgan fingerprint density at radius 1 is 1.35 bits per heavy atom. The normalized spacial score (nSPS) is 33.2. The Balaban J connectivity index is 0.000000221. The van der Waals surface area contributed by atoms with E-state index in [1.165, 1.54) is 0 Å². The molecule has 1 amide bonds. The van der Waals surface area contributed by atoms with Gasteiger partial charge in [0.05, 0.1) is 26.7 Å². The number of halogens is 3.